The Bertz CT molecular complexity index is 1020. The normalized spacial score (nSPS) is 12.1. The summed E-state index contributed by atoms with van der Waals surface area (Å²) in [5.74, 6) is -0.130. The molecule has 0 aliphatic carbocycles. The summed E-state index contributed by atoms with van der Waals surface area (Å²) in [5, 5.41) is 4.50. The van der Waals surface area contributed by atoms with Crippen LogP contribution in [-0.4, -0.2) is 10.5 Å². The molecule has 4 heteroatoms. The van der Waals surface area contributed by atoms with E-state index in [1.807, 2.05) is 61.5 Å². The van der Waals surface area contributed by atoms with Gasteiger partial charge >= 0.3 is 0 Å². The largest absolute Gasteiger partial charge is 0.345 e. The van der Waals surface area contributed by atoms with Crippen molar-refractivity contribution in [3.05, 3.63) is 81.8 Å². The molecule has 0 bridgehead atoms. The summed E-state index contributed by atoms with van der Waals surface area (Å²) in [5.41, 5.74) is 2.39. The quantitative estimate of drug-likeness (QED) is 0.631. The lowest BCUT2D eigenvalue weighted by atomic mass is 10.0. The number of aromatic nitrogens is 1. The van der Waals surface area contributed by atoms with Crippen LogP contribution in [0.4, 0.5) is 0 Å². The first-order valence-corrected chi connectivity index (χ1v) is 10.1. The average molecular weight is 377 g/mol. The number of hydrogen-bond acceptors (Lipinski definition) is 2. The molecule has 3 aromatic rings. The SMILES string of the molecule is CCCCn1c(C)c(C(=O)N[C@@H](CC)c2ccccc2)c2ccccc2c1=O. The fraction of sp³-hybridized carbons (Fsp3) is 0.333. The van der Waals surface area contributed by atoms with Gasteiger partial charge in [0, 0.05) is 23.0 Å². The van der Waals surface area contributed by atoms with Crippen molar-refractivity contribution in [2.24, 2.45) is 0 Å². The summed E-state index contributed by atoms with van der Waals surface area (Å²) >= 11 is 0. The number of rotatable bonds is 7. The molecule has 0 saturated carbocycles. The van der Waals surface area contributed by atoms with Crippen LogP contribution in [0.2, 0.25) is 0 Å². The van der Waals surface area contributed by atoms with Crippen LogP contribution < -0.4 is 10.9 Å². The molecule has 1 atom stereocenters. The van der Waals surface area contributed by atoms with E-state index < -0.39 is 0 Å². The molecular weight excluding hydrogens is 348 g/mol. The van der Waals surface area contributed by atoms with Gasteiger partial charge in [-0.15, -0.1) is 0 Å². The number of amides is 1. The van der Waals surface area contributed by atoms with E-state index >= 15 is 0 Å². The number of carbonyl (C=O) groups is 1. The highest BCUT2D eigenvalue weighted by Crippen LogP contribution is 2.22. The van der Waals surface area contributed by atoms with Crippen molar-refractivity contribution in [3.63, 3.8) is 0 Å². The summed E-state index contributed by atoms with van der Waals surface area (Å²) < 4.78 is 1.75. The Hall–Kier alpha value is -2.88. The fourth-order valence-electron chi connectivity index (χ4n) is 3.72. The lowest BCUT2D eigenvalue weighted by molar-refractivity contribution is 0.0935. The van der Waals surface area contributed by atoms with Crippen LogP contribution >= 0.6 is 0 Å². The number of nitrogens with zero attached hydrogens (tertiary/aromatic N) is 1. The van der Waals surface area contributed by atoms with E-state index in [-0.39, 0.29) is 17.5 Å². The number of pyridine rings is 1. The highest BCUT2D eigenvalue weighted by molar-refractivity contribution is 6.07. The molecular formula is C24H28N2O2. The first-order valence-electron chi connectivity index (χ1n) is 10.1. The van der Waals surface area contributed by atoms with Crippen molar-refractivity contribution in [2.45, 2.75) is 52.6 Å². The summed E-state index contributed by atoms with van der Waals surface area (Å²) in [4.78, 5) is 26.3. The maximum absolute atomic E-state index is 13.3. The zero-order valence-electron chi connectivity index (χ0n) is 16.9. The second kappa shape index (κ2) is 8.87. The maximum Gasteiger partial charge on any atom is 0.258 e. The third-order valence-corrected chi connectivity index (χ3v) is 5.32. The molecule has 1 heterocycles. The average Bonchev–Trinajstić information content (AvgIpc) is 2.72. The van der Waals surface area contributed by atoms with Crippen molar-refractivity contribution in [3.8, 4) is 0 Å². The van der Waals surface area contributed by atoms with Crippen LogP contribution in [-0.2, 0) is 6.54 Å². The second-order valence-electron chi connectivity index (χ2n) is 7.16. The van der Waals surface area contributed by atoms with Gasteiger partial charge in [-0.25, -0.2) is 0 Å². The first-order chi connectivity index (χ1) is 13.6. The van der Waals surface area contributed by atoms with Crippen molar-refractivity contribution < 1.29 is 4.79 Å². The highest BCUT2D eigenvalue weighted by atomic mass is 16.2. The van der Waals surface area contributed by atoms with Crippen molar-refractivity contribution >= 4 is 16.7 Å². The lowest BCUT2D eigenvalue weighted by Gasteiger charge is -2.21. The summed E-state index contributed by atoms with van der Waals surface area (Å²) in [7, 11) is 0. The summed E-state index contributed by atoms with van der Waals surface area (Å²) in [6.45, 7) is 6.66. The number of unbranched alkanes of at least 4 members (excludes halogenated alkanes) is 1. The Morgan fingerprint density at radius 2 is 1.64 bits per heavy atom. The van der Waals surface area contributed by atoms with Crippen LogP contribution in [0.1, 0.15) is 60.8 Å². The summed E-state index contributed by atoms with van der Waals surface area (Å²) in [6, 6.07) is 17.3. The number of nitrogens with one attached hydrogen (secondary N) is 1. The molecule has 0 unspecified atom stereocenters. The van der Waals surface area contributed by atoms with Gasteiger partial charge in [-0.1, -0.05) is 68.8 Å². The molecule has 0 fully saturated rings. The molecule has 1 aromatic heterocycles. The molecule has 1 amide bonds. The third-order valence-electron chi connectivity index (χ3n) is 5.32. The van der Waals surface area contributed by atoms with E-state index in [2.05, 4.69) is 19.2 Å². The highest BCUT2D eigenvalue weighted by Gasteiger charge is 2.21. The van der Waals surface area contributed by atoms with Gasteiger partial charge in [0.1, 0.15) is 0 Å². The van der Waals surface area contributed by atoms with Gasteiger partial charge in [-0.05, 0) is 31.4 Å². The van der Waals surface area contributed by atoms with Gasteiger partial charge in [0.2, 0.25) is 0 Å². The maximum atomic E-state index is 13.3. The van der Waals surface area contributed by atoms with Gasteiger partial charge < -0.3 is 9.88 Å². The molecule has 1 N–H and O–H groups in total. The predicted octanol–water partition coefficient (Wildman–Crippen LogP) is 4.99. The minimum atomic E-state index is -0.130. The molecule has 0 saturated heterocycles. The Morgan fingerprint density at radius 3 is 2.29 bits per heavy atom. The van der Waals surface area contributed by atoms with Gasteiger partial charge in [0.25, 0.3) is 11.5 Å². The van der Waals surface area contributed by atoms with Gasteiger partial charge in [-0.3, -0.25) is 9.59 Å². The minimum absolute atomic E-state index is 0.0202. The van der Waals surface area contributed by atoms with Crippen LogP contribution in [0.25, 0.3) is 10.8 Å². The zero-order valence-corrected chi connectivity index (χ0v) is 16.9. The Kier molecular flexibility index (Phi) is 6.30. The van der Waals surface area contributed by atoms with E-state index in [1.54, 1.807) is 4.57 Å². The van der Waals surface area contributed by atoms with E-state index in [0.29, 0.717) is 17.5 Å². The molecule has 3 rings (SSSR count). The molecule has 146 valence electrons. The molecule has 0 radical (unpaired) electrons. The van der Waals surface area contributed by atoms with Crippen LogP contribution in [0, 0.1) is 6.92 Å². The van der Waals surface area contributed by atoms with Crippen LogP contribution in [0.15, 0.2) is 59.4 Å². The van der Waals surface area contributed by atoms with Gasteiger partial charge in [0.15, 0.2) is 0 Å². The molecule has 4 nitrogen and oxygen atoms in total. The Morgan fingerprint density at radius 1 is 1.00 bits per heavy atom. The van der Waals surface area contributed by atoms with Crippen LogP contribution in [0.5, 0.6) is 0 Å². The van der Waals surface area contributed by atoms with E-state index in [9.17, 15) is 9.59 Å². The second-order valence-corrected chi connectivity index (χ2v) is 7.16. The number of fused-ring (bicyclic) bond motifs is 1. The Balaban J connectivity index is 2.08. The lowest BCUT2D eigenvalue weighted by Crippen LogP contribution is -2.32. The predicted molar refractivity (Wildman–Crippen MR) is 115 cm³/mol. The van der Waals surface area contributed by atoms with Crippen molar-refractivity contribution in [1.29, 1.82) is 0 Å². The van der Waals surface area contributed by atoms with E-state index in [0.717, 1.165) is 35.9 Å². The minimum Gasteiger partial charge on any atom is -0.345 e. The van der Waals surface area contributed by atoms with E-state index in [1.165, 1.54) is 0 Å². The third kappa shape index (κ3) is 3.86. The topological polar surface area (TPSA) is 51.1 Å². The summed E-state index contributed by atoms with van der Waals surface area (Å²) in [6.07, 6.45) is 2.69. The monoisotopic (exact) mass is 376 g/mol. The number of hydrogen-bond donors (Lipinski definition) is 1. The van der Waals surface area contributed by atoms with E-state index in [4.69, 9.17) is 0 Å². The Labute approximate surface area is 166 Å². The zero-order chi connectivity index (χ0) is 20.1. The smallest absolute Gasteiger partial charge is 0.258 e. The molecule has 0 aliphatic heterocycles. The standard InChI is InChI=1S/C24H28N2O2/c1-4-6-16-26-17(3)22(19-14-10-11-15-20(19)24(26)28)23(27)25-21(5-2)18-12-8-7-9-13-18/h7-15,21H,4-6,16H2,1-3H3,(H,25,27)/t21-/m0/s1. The van der Waals surface area contributed by atoms with Crippen LogP contribution in [0.3, 0.4) is 0 Å². The van der Waals surface area contributed by atoms with Crippen molar-refractivity contribution in [2.75, 3.05) is 0 Å². The van der Waals surface area contributed by atoms with Gasteiger partial charge in [-0.2, -0.15) is 0 Å². The van der Waals surface area contributed by atoms with Crippen molar-refractivity contribution in [1.82, 2.24) is 9.88 Å². The fourth-order valence-corrected chi connectivity index (χ4v) is 3.72. The molecule has 0 aliphatic rings. The number of benzene rings is 2. The molecule has 0 spiro atoms. The van der Waals surface area contributed by atoms with Gasteiger partial charge in [0.05, 0.1) is 11.6 Å². The molecule has 2 aromatic carbocycles. The molecule has 28 heavy (non-hydrogen) atoms. The first kappa shape index (κ1) is 19.9. The number of carbonyl (C=O) groups excluding carboxylic acids is 1.